The second-order valence-electron chi connectivity index (χ2n) is 3.69. The maximum Gasteiger partial charge on any atom is 0.0585 e. The number of hydrogen-bond acceptors (Lipinski definition) is 3. The number of aryl methyl sites for hydroxylation is 1. The van der Waals surface area contributed by atoms with Crippen molar-refractivity contribution in [1.29, 1.82) is 0 Å². The SMILES string of the molecule is CCCOCCS(=O)c1cc(N)ccc1C. The van der Waals surface area contributed by atoms with Crippen LogP contribution in [0.3, 0.4) is 0 Å². The normalized spacial score (nSPS) is 12.6. The molecule has 1 unspecified atom stereocenters. The van der Waals surface area contributed by atoms with E-state index in [0.717, 1.165) is 23.5 Å². The molecule has 0 aromatic heterocycles. The molecular formula is C12H19NO2S. The van der Waals surface area contributed by atoms with Gasteiger partial charge in [0.25, 0.3) is 0 Å². The summed E-state index contributed by atoms with van der Waals surface area (Å²) in [5.41, 5.74) is 7.35. The third kappa shape index (κ3) is 3.94. The molecule has 0 fully saturated rings. The summed E-state index contributed by atoms with van der Waals surface area (Å²) in [6.45, 7) is 5.26. The Morgan fingerprint density at radius 1 is 1.38 bits per heavy atom. The van der Waals surface area contributed by atoms with Crippen molar-refractivity contribution in [3.8, 4) is 0 Å². The Balaban J connectivity index is 2.55. The van der Waals surface area contributed by atoms with Crippen LogP contribution in [-0.4, -0.2) is 23.2 Å². The smallest absolute Gasteiger partial charge is 0.0585 e. The monoisotopic (exact) mass is 241 g/mol. The van der Waals surface area contributed by atoms with E-state index in [9.17, 15) is 4.21 Å². The van der Waals surface area contributed by atoms with E-state index in [2.05, 4.69) is 6.92 Å². The predicted molar refractivity (Wildman–Crippen MR) is 68.0 cm³/mol. The predicted octanol–water partition coefficient (Wildman–Crippen LogP) is 2.11. The maximum atomic E-state index is 12.0. The highest BCUT2D eigenvalue weighted by Crippen LogP contribution is 2.16. The summed E-state index contributed by atoms with van der Waals surface area (Å²) >= 11 is 0. The first-order chi connectivity index (χ1) is 7.65. The summed E-state index contributed by atoms with van der Waals surface area (Å²) in [5.74, 6) is 0.532. The van der Waals surface area contributed by atoms with Gasteiger partial charge in [0.15, 0.2) is 0 Å². The van der Waals surface area contributed by atoms with Gasteiger partial charge in [0, 0.05) is 17.2 Å². The Hall–Kier alpha value is -0.870. The molecule has 0 aliphatic heterocycles. The molecule has 1 aromatic carbocycles. The molecule has 0 bridgehead atoms. The lowest BCUT2D eigenvalue weighted by molar-refractivity contribution is 0.150. The van der Waals surface area contributed by atoms with Gasteiger partial charge in [-0.25, -0.2) is 0 Å². The number of rotatable bonds is 6. The summed E-state index contributed by atoms with van der Waals surface area (Å²) in [7, 11) is -1.01. The van der Waals surface area contributed by atoms with Crippen LogP contribution in [-0.2, 0) is 15.5 Å². The van der Waals surface area contributed by atoms with Crippen LogP contribution in [0.1, 0.15) is 18.9 Å². The quantitative estimate of drug-likeness (QED) is 0.613. The summed E-state index contributed by atoms with van der Waals surface area (Å²) in [4.78, 5) is 0.820. The van der Waals surface area contributed by atoms with Gasteiger partial charge in [-0.05, 0) is 31.0 Å². The highest BCUT2D eigenvalue weighted by molar-refractivity contribution is 7.85. The summed E-state index contributed by atoms with van der Waals surface area (Å²) in [6.07, 6.45) is 0.990. The molecule has 1 rings (SSSR count). The highest BCUT2D eigenvalue weighted by Gasteiger charge is 2.07. The van der Waals surface area contributed by atoms with Gasteiger partial charge in [-0.2, -0.15) is 0 Å². The van der Waals surface area contributed by atoms with E-state index >= 15 is 0 Å². The Labute approximate surface area is 99.4 Å². The Kier molecular flexibility index (Phi) is 5.49. The molecule has 0 spiro atoms. The number of anilines is 1. The van der Waals surface area contributed by atoms with E-state index < -0.39 is 10.8 Å². The molecule has 0 saturated carbocycles. The fourth-order valence-electron chi connectivity index (χ4n) is 1.35. The number of nitrogens with two attached hydrogens (primary N) is 1. The first kappa shape index (κ1) is 13.2. The average molecular weight is 241 g/mol. The van der Waals surface area contributed by atoms with E-state index in [4.69, 9.17) is 10.5 Å². The van der Waals surface area contributed by atoms with Gasteiger partial charge in [-0.3, -0.25) is 4.21 Å². The van der Waals surface area contributed by atoms with Gasteiger partial charge in [-0.15, -0.1) is 0 Å². The fraction of sp³-hybridized carbons (Fsp3) is 0.500. The molecule has 3 nitrogen and oxygen atoms in total. The zero-order valence-corrected chi connectivity index (χ0v) is 10.7. The van der Waals surface area contributed by atoms with Gasteiger partial charge >= 0.3 is 0 Å². The van der Waals surface area contributed by atoms with E-state index in [1.807, 2.05) is 19.1 Å². The highest BCUT2D eigenvalue weighted by atomic mass is 32.2. The molecule has 16 heavy (non-hydrogen) atoms. The molecule has 2 N–H and O–H groups in total. The van der Waals surface area contributed by atoms with Crippen molar-refractivity contribution < 1.29 is 8.95 Å². The zero-order valence-electron chi connectivity index (χ0n) is 9.86. The van der Waals surface area contributed by atoms with Crippen LogP contribution in [0.2, 0.25) is 0 Å². The molecule has 0 aliphatic carbocycles. The van der Waals surface area contributed by atoms with Gasteiger partial charge < -0.3 is 10.5 Å². The molecule has 1 aromatic rings. The summed E-state index contributed by atoms with van der Waals surface area (Å²) in [5, 5.41) is 0. The van der Waals surface area contributed by atoms with Crippen molar-refractivity contribution in [2.45, 2.75) is 25.2 Å². The van der Waals surface area contributed by atoms with E-state index in [0.29, 0.717) is 18.0 Å². The Bertz CT molecular complexity index is 366. The van der Waals surface area contributed by atoms with Gasteiger partial charge in [-0.1, -0.05) is 13.0 Å². The van der Waals surface area contributed by atoms with Crippen LogP contribution in [0.15, 0.2) is 23.1 Å². The zero-order chi connectivity index (χ0) is 12.0. The molecule has 0 saturated heterocycles. The van der Waals surface area contributed by atoms with Crippen LogP contribution in [0.4, 0.5) is 5.69 Å². The molecule has 90 valence electrons. The number of ether oxygens (including phenoxy) is 1. The lowest BCUT2D eigenvalue weighted by Crippen LogP contribution is -2.08. The minimum Gasteiger partial charge on any atom is -0.399 e. The minimum absolute atomic E-state index is 0.532. The second-order valence-corrected chi connectivity index (χ2v) is 5.23. The van der Waals surface area contributed by atoms with E-state index in [1.54, 1.807) is 6.07 Å². The number of nitrogen functional groups attached to an aromatic ring is 1. The van der Waals surface area contributed by atoms with Crippen molar-refractivity contribution in [3.05, 3.63) is 23.8 Å². The average Bonchev–Trinajstić information content (AvgIpc) is 2.27. The Morgan fingerprint density at radius 3 is 2.81 bits per heavy atom. The fourth-order valence-corrected chi connectivity index (χ4v) is 2.54. The molecular weight excluding hydrogens is 222 g/mol. The van der Waals surface area contributed by atoms with E-state index in [1.165, 1.54) is 0 Å². The third-order valence-electron chi connectivity index (χ3n) is 2.22. The standard InChI is InChI=1S/C12H19NO2S/c1-3-6-15-7-8-16(14)12-9-11(13)5-4-10(12)2/h4-5,9H,3,6-8,13H2,1-2H3. The van der Waals surface area contributed by atoms with Crippen LogP contribution in [0.5, 0.6) is 0 Å². The molecule has 4 heteroatoms. The second kappa shape index (κ2) is 6.66. The van der Waals surface area contributed by atoms with E-state index in [-0.39, 0.29) is 0 Å². The van der Waals surface area contributed by atoms with Crippen LogP contribution >= 0.6 is 0 Å². The van der Waals surface area contributed by atoms with Crippen molar-refractivity contribution in [3.63, 3.8) is 0 Å². The lowest BCUT2D eigenvalue weighted by Gasteiger charge is -2.07. The molecule has 1 atom stereocenters. The first-order valence-corrected chi connectivity index (χ1v) is 6.79. The molecule has 0 heterocycles. The van der Waals surface area contributed by atoms with Crippen molar-refractivity contribution in [1.82, 2.24) is 0 Å². The third-order valence-corrected chi connectivity index (χ3v) is 3.69. The Morgan fingerprint density at radius 2 is 2.12 bits per heavy atom. The van der Waals surface area contributed by atoms with Gasteiger partial charge in [0.1, 0.15) is 0 Å². The van der Waals surface area contributed by atoms with Crippen LogP contribution < -0.4 is 5.73 Å². The van der Waals surface area contributed by atoms with Gasteiger partial charge in [0.2, 0.25) is 0 Å². The minimum atomic E-state index is -1.01. The summed E-state index contributed by atoms with van der Waals surface area (Å²) in [6, 6.07) is 5.50. The largest absolute Gasteiger partial charge is 0.399 e. The van der Waals surface area contributed by atoms with Crippen molar-refractivity contribution >= 4 is 16.5 Å². The van der Waals surface area contributed by atoms with Gasteiger partial charge in [0.05, 0.1) is 23.2 Å². The molecule has 0 amide bonds. The van der Waals surface area contributed by atoms with Crippen LogP contribution in [0, 0.1) is 6.92 Å². The number of benzene rings is 1. The summed E-state index contributed by atoms with van der Waals surface area (Å²) < 4.78 is 17.3. The van der Waals surface area contributed by atoms with Crippen LogP contribution in [0.25, 0.3) is 0 Å². The first-order valence-electron chi connectivity index (χ1n) is 5.47. The molecule has 0 aliphatic rings. The topological polar surface area (TPSA) is 52.3 Å². The maximum absolute atomic E-state index is 12.0. The molecule has 0 radical (unpaired) electrons. The lowest BCUT2D eigenvalue weighted by atomic mass is 10.2. The number of hydrogen-bond donors (Lipinski definition) is 1. The van der Waals surface area contributed by atoms with Crippen molar-refractivity contribution in [2.75, 3.05) is 24.7 Å². The van der Waals surface area contributed by atoms with Crippen molar-refractivity contribution in [2.24, 2.45) is 0 Å².